The van der Waals surface area contributed by atoms with Crippen molar-refractivity contribution in [2.75, 3.05) is 32.9 Å². The van der Waals surface area contributed by atoms with Crippen molar-refractivity contribution in [1.29, 1.82) is 0 Å². The number of hydrogen-bond donors (Lipinski definition) is 1. The molecule has 2 aliphatic rings. The third-order valence-corrected chi connectivity index (χ3v) is 5.43. The van der Waals surface area contributed by atoms with E-state index in [0.717, 1.165) is 45.3 Å². The van der Waals surface area contributed by atoms with Gasteiger partial charge in [-0.15, -0.1) is 11.3 Å². The lowest BCUT2D eigenvalue weighted by molar-refractivity contribution is 0.0167. The van der Waals surface area contributed by atoms with Crippen molar-refractivity contribution in [1.82, 2.24) is 10.2 Å². The minimum atomic E-state index is 0.0556. The summed E-state index contributed by atoms with van der Waals surface area (Å²) in [5.74, 6) is 0. The Morgan fingerprint density at radius 1 is 1.43 bits per heavy atom. The van der Waals surface area contributed by atoms with E-state index >= 15 is 0 Å². The van der Waals surface area contributed by atoms with Crippen molar-refractivity contribution in [3.05, 3.63) is 22.4 Å². The van der Waals surface area contributed by atoms with E-state index in [9.17, 15) is 4.79 Å². The highest BCUT2D eigenvalue weighted by Gasteiger charge is 2.30. The molecular weight excluding hydrogens is 312 g/mol. The molecule has 0 spiro atoms. The van der Waals surface area contributed by atoms with Crippen LogP contribution in [0.2, 0.25) is 0 Å². The Morgan fingerprint density at radius 2 is 2.39 bits per heavy atom. The van der Waals surface area contributed by atoms with Crippen molar-refractivity contribution < 1.29 is 14.3 Å². The SMILES string of the molecule is O=C(NCCCOC[C@H]1CCCO1)N1CCC[C@@H]1c1cccs1. The number of amides is 2. The normalized spacial score (nSPS) is 24.3. The van der Waals surface area contributed by atoms with Gasteiger partial charge in [-0.2, -0.15) is 0 Å². The van der Waals surface area contributed by atoms with Gasteiger partial charge < -0.3 is 19.7 Å². The van der Waals surface area contributed by atoms with Gasteiger partial charge in [0.25, 0.3) is 0 Å². The van der Waals surface area contributed by atoms with Gasteiger partial charge in [0.15, 0.2) is 0 Å². The molecule has 0 aromatic carbocycles. The van der Waals surface area contributed by atoms with Crippen molar-refractivity contribution in [3.63, 3.8) is 0 Å². The second kappa shape index (κ2) is 8.66. The molecule has 1 N–H and O–H groups in total. The van der Waals surface area contributed by atoms with E-state index < -0.39 is 0 Å². The Balaban J connectivity index is 1.31. The predicted octanol–water partition coefficient (Wildman–Crippen LogP) is 3.18. The van der Waals surface area contributed by atoms with Crippen LogP contribution in [0.4, 0.5) is 4.79 Å². The molecule has 1 aromatic heterocycles. The van der Waals surface area contributed by atoms with Gasteiger partial charge in [-0.3, -0.25) is 0 Å². The Bertz CT molecular complexity index is 474. The number of nitrogens with one attached hydrogen (secondary N) is 1. The van der Waals surface area contributed by atoms with Crippen LogP contribution in [0.25, 0.3) is 0 Å². The van der Waals surface area contributed by atoms with E-state index in [1.165, 1.54) is 4.88 Å². The molecule has 5 nitrogen and oxygen atoms in total. The Hall–Kier alpha value is -1.11. The molecule has 0 aliphatic carbocycles. The van der Waals surface area contributed by atoms with Gasteiger partial charge in [0.1, 0.15) is 0 Å². The molecule has 3 rings (SSSR count). The van der Waals surface area contributed by atoms with Crippen molar-refractivity contribution in [2.45, 2.75) is 44.2 Å². The van der Waals surface area contributed by atoms with Gasteiger partial charge in [0.2, 0.25) is 0 Å². The number of thiophene rings is 1. The number of rotatable bonds is 7. The molecule has 2 aliphatic heterocycles. The van der Waals surface area contributed by atoms with Gasteiger partial charge in [-0.1, -0.05) is 6.07 Å². The van der Waals surface area contributed by atoms with Crippen LogP contribution in [0.3, 0.4) is 0 Å². The molecule has 2 saturated heterocycles. The number of nitrogens with zero attached hydrogens (tertiary/aromatic N) is 1. The maximum Gasteiger partial charge on any atom is 0.317 e. The summed E-state index contributed by atoms with van der Waals surface area (Å²) in [6.45, 7) is 3.74. The molecule has 6 heteroatoms. The van der Waals surface area contributed by atoms with E-state index in [4.69, 9.17) is 9.47 Å². The predicted molar refractivity (Wildman–Crippen MR) is 90.8 cm³/mol. The smallest absolute Gasteiger partial charge is 0.317 e. The first-order chi connectivity index (χ1) is 11.3. The minimum Gasteiger partial charge on any atom is -0.379 e. The van der Waals surface area contributed by atoms with Crippen LogP contribution in [0.15, 0.2) is 17.5 Å². The molecule has 2 amide bonds. The van der Waals surface area contributed by atoms with Crippen molar-refractivity contribution >= 4 is 17.4 Å². The van der Waals surface area contributed by atoms with Crippen LogP contribution in [0.5, 0.6) is 0 Å². The summed E-state index contributed by atoms with van der Waals surface area (Å²) < 4.78 is 11.1. The van der Waals surface area contributed by atoms with Gasteiger partial charge in [-0.25, -0.2) is 4.79 Å². The molecule has 0 radical (unpaired) electrons. The van der Waals surface area contributed by atoms with E-state index in [1.807, 2.05) is 4.90 Å². The lowest BCUT2D eigenvalue weighted by Crippen LogP contribution is -2.39. The Labute approximate surface area is 142 Å². The largest absolute Gasteiger partial charge is 0.379 e. The standard InChI is InChI=1S/C17H26N2O3S/c20-17(18-8-4-10-21-13-14-5-2-11-22-14)19-9-1-6-15(19)16-7-3-12-23-16/h3,7,12,14-15H,1-2,4-6,8-11,13H2,(H,18,20)/t14-,15-/m1/s1. The fourth-order valence-corrected chi connectivity index (χ4v) is 4.12. The lowest BCUT2D eigenvalue weighted by Gasteiger charge is -2.24. The molecular formula is C17H26N2O3S. The monoisotopic (exact) mass is 338 g/mol. The Morgan fingerprint density at radius 3 is 3.17 bits per heavy atom. The average Bonchev–Trinajstić information content (AvgIpc) is 3.32. The highest BCUT2D eigenvalue weighted by Crippen LogP contribution is 2.34. The summed E-state index contributed by atoms with van der Waals surface area (Å²) in [6, 6.07) is 4.49. The Kier molecular flexibility index (Phi) is 6.30. The molecule has 0 unspecified atom stereocenters. The molecule has 23 heavy (non-hydrogen) atoms. The zero-order valence-electron chi connectivity index (χ0n) is 13.5. The van der Waals surface area contributed by atoms with Gasteiger partial charge in [-0.05, 0) is 43.6 Å². The number of carbonyl (C=O) groups is 1. The summed E-state index contributed by atoms with van der Waals surface area (Å²) in [7, 11) is 0. The van der Waals surface area contributed by atoms with E-state index in [2.05, 4.69) is 22.8 Å². The van der Waals surface area contributed by atoms with E-state index in [0.29, 0.717) is 19.8 Å². The maximum atomic E-state index is 12.4. The van der Waals surface area contributed by atoms with Crippen LogP contribution in [-0.2, 0) is 9.47 Å². The molecule has 0 saturated carbocycles. The van der Waals surface area contributed by atoms with Crippen LogP contribution >= 0.6 is 11.3 Å². The number of likely N-dealkylation sites (tertiary alicyclic amines) is 1. The topological polar surface area (TPSA) is 50.8 Å². The third-order valence-electron chi connectivity index (χ3n) is 4.45. The van der Waals surface area contributed by atoms with Crippen LogP contribution < -0.4 is 5.32 Å². The van der Waals surface area contributed by atoms with Crippen molar-refractivity contribution in [3.8, 4) is 0 Å². The third kappa shape index (κ3) is 4.68. The first kappa shape index (κ1) is 16.7. The fraction of sp³-hybridized carbons (Fsp3) is 0.706. The summed E-state index contributed by atoms with van der Waals surface area (Å²) in [6.07, 6.45) is 5.52. The quantitative estimate of drug-likeness (QED) is 0.777. The zero-order valence-corrected chi connectivity index (χ0v) is 14.4. The number of ether oxygens (including phenoxy) is 2. The number of hydrogen-bond acceptors (Lipinski definition) is 4. The average molecular weight is 338 g/mol. The molecule has 2 fully saturated rings. The van der Waals surface area contributed by atoms with Crippen LogP contribution in [0.1, 0.15) is 43.0 Å². The number of urea groups is 1. The molecule has 3 heterocycles. The summed E-state index contributed by atoms with van der Waals surface area (Å²) >= 11 is 1.73. The summed E-state index contributed by atoms with van der Waals surface area (Å²) in [5, 5.41) is 5.10. The second-order valence-corrected chi connectivity index (χ2v) is 7.14. The first-order valence-corrected chi connectivity index (χ1v) is 9.50. The number of carbonyl (C=O) groups excluding carboxylic acids is 1. The second-order valence-electron chi connectivity index (χ2n) is 6.16. The van der Waals surface area contributed by atoms with Gasteiger partial charge in [0.05, 0.1) is 18.8 Å². The maximum absolute atomic E-state index is 12.4. The molecule has 1 aromatic rings. The molecule has 2 atom stereocenters. The fourth-order valence-electron chi connectivity index (χ4n) is 3.25. The first-order valence-electron chi connectivity index (χ1n) is 8.62. The zero-order chi connectivity index (χ0) is 15.9. The van der Waals surface area contributed by atoms with E-state index in [1.54, 1.807) is 11.3 Å². The molecule has 0 bridgehead atoms. The minimum absolute atomic E-state index is 0.0556. The van der Waals surface area contributed by atoms with Crippen LogP contribution in [-0.4, -0.2) is 49.9 Å². The van der Waals surface area contributed by atoms with Gasteiger partial charge in [0, 0.05) is 31.2 Å². The highest BCUT2D eigenvalue weighted by molar-refractivity contribution is 7.10. The highest BCUT2D eigenvalue weighted by atomic mass is 32.1. The molecule has 128 valence electrons. The van der Waals surface area contributed by atoms with Crippen LogP contribution in [0, 0.1) is 0 Å². The summed E-state index contributed by atoms with van der Waals surface area (Å²) in [5.41, 5.74) is 0. The lowest BCUT2D eigenvalue weighted by atomic mass is 10.2. The van der Waals surface area contributed by atoms with E-state index in [-0.39, 0.29) is 18.2 Å². The van der Waals surface area contributed by atoms with Crippen molar-refractivity contribution in [2.24, 2.45) is 0 Å². The summed E-state index contributed by atoms with van der Waals surface area (Å²) in [4.78, 5) is 15.6. The van der Waals surface area contributed by atoms with Gasteiger partial charge >= 0.3 is 6.03 Å².